The van der Waals surface area contributed by atoms with Crippen molar-refractivity contribution in [1.82, 2.24) is 0 Å². The van der Waals surface area contributed by atoms with Crippen molar-refractivity contribution in [2.75, 3.05) is 11.9 Å². The summed E-state index contributed by atoms with van der Waals surface area (Å²) in [5, 5.41) is 9.25. The molecule has 2 aromatic rings. The third-order valence-corrected chi connectivity index (χ3v) is 2.57. The lowest BCUT2D eigenvalue weighted by Crippen LogP contribution is -2.17. The number of furan rings is 1. The number of hydrogen-bond donors (Lipinski definition) is 1. The molecule has 1 heterocycles. The zero-order valence-corrected chi connectivity index (χ0v) is 9.26. The molecule has 0 bridgehead atoms. The number of hydrogen-bond acceptors (Lipinski definition) is 3. The molecule has 0 amide bonds. The van der Waals surface area contributed by atoms with E-state index in [1.807, 2.05) is 37.4 Å². The summed E-state index contributed by atoms with van der Waals surface area (Å²) < 4.78 is 5.03. The molecule has 0 saturated heterocycles. The van der Waals surface area contributed by atoms with Gasteiger partial charge in [-0.2, -0.15) is 0 Å². The summed E-state index contributed by atoms with van der Waals surface area (Å²) in [7, 11) is 2.00. The molecule has 1 aromatic heterocycles. The van der Waals surface area contributed by atoms with Gasteiger partial charge in [0.1, 0.15) is 0 Å². The normalized spacial score (nSPS) is 10.4. The highest BCUT2D eigenvalue weighted by molar-refractivity contribution is 5.52. The van der Waals surface area contributed by atoms with E-state index < -0.39 is 0 Å². The Hall–Kier alpha value is -1.74. The molecule has 0 radical (unpaired) electrons. The van der Waals surface area contributed by atoms with Crippen LogP contribution in [-0.4, -0.2) is 12.2 Å². The third kappa shape index (κ3) is 2.25. The van der Waals surface area contributed by atoms with Crippen molar-refractivity contribution >= 4 is 5.69 Å². The minimum absolute atomic E-state index is 0.0614. The summed E-state index contributed by atoms with van der Waals surface area (Å²) in [4.78, 5) is 2.09. The molecule has 0 saturated carbocycles. The van der Waals surface area contributed by atoms with Crippen LogP contribution in [0, 0.1) is 0 Å². The molecule has 1 aromatic carbocycles. The second kappa shape index (κ2) is 4.86. The Morgan fingerprint density at radius 2 is 2.06 bits per heavy atom. The molecule has 2 rings (SSSR count). The molecule has 16 heavy (non-hydrogen) atoms. The molecule has 3 heteroatoms. The number of nitrogens with zero attached hydrogens (tertiary/aromatic N) is 1. The van der Waals surface area contributed by atoms with Crippen molar-refractivity contribution in [2.45, 2.75) is 13.2 Å². The van der Waals surface area contributed by atoms with Crippen molar-refractivity contribution in [3.05, 3.63) is 54.0 Å². The fraction of sp³-hybridized carbons (Fsp3) is 0.231. The molecule has 3 nitrogen and oxygen atoms in total. The second-order valence-corrected chi connectivity index (χ2v) is 3.77. The van der Waals surface area contributed by atoms with Gasteiger partial charge in [0, 0.05) is 30.4 Å². The van der Waals surface area contributed by atoms with E-state index in [2.05, 4.69) is 4.90 Å². The first-order chi connectivity index (χ1) is 7.81. The van der Waals surface area contributed by atoms with Gasteiger partial charge in [0.2, 0.25) is 0 Å². The maximum Gasteiger partial charge on any atom is 0.0952 e. The summed E-state index contributed by atoms with van der Waals surface area (Å²) in [6.45, 7) is 0.833. The van der Waals surface area contributed by atoms with Gasteiger partial charge in [-0.15, -0.1) is 0 Å². The Balaban J connectivity index is 2.17. The van der Waals surface area contributed by atoms with Crippen molar-refractivity contribution < 1.29 is 9.52 Å². The van der Waals surface area contributed by atoms with Gasteiger partial charge in [0.25, 0.3) is 0 Å². The van der Waals surface area contributed by atoms with Gasteiger partial charge >= 0.3 is 0 Å². The zero-order chi connectivity index (χ0) is 11.4. The van der Waals surface area contributed by atoms with Crippen LogP contribution in [0.15, 0.2) is 47.3 Å². The van der Waals surface area contributed by atoms with Crippen LogP contribution in [0.5, 0.6) is 0 Å². The maximum atomic E-state index is 9.25. The molecule has 0 aliphatic carbocycles. The van der Waals surface area contributed by atoms with E-state index in [0.29, 0.717) is 0 Å². The molecule has 0 unspecified atom stereocenters. The third-order valence-electron chi connectivity index (χ3n) is 2.57. The van der Waals surface area contributed by atoms with Crippen molar-refractivity contribution in [3.8, 4) is 0 Å². The van der Waals surface area contributed by atoms with E-state index in [0.717, 1.165) is 23.4 Å². The lowest BCUT2D eigenvalue weighted by atomic mass is 10.1. The summed E-state index contributed by atoms with van der Waals surface area (Å²) in [5.74, 6) is 0. The van der Waals surface area contributed by atoms with Crippen LogP contribution in [0.25, 0.3) is 0 Å². The maximum absolute atomic E-state index is 9.25. The molecular weight excluding hydrogens is 202 g/mol. The van der Waals surface area contributed by atoms with Gasteiger partial charge in [-0.05, 0) is 12.1 Å². The fourth-order valence-electron chi connectivity index (χ4n) is 1.76. The van der Waals surface area contributed by atoms with E-state index in [1.54, 1.807) is 12.5 Å². The van der Waals surface area contributed by atoms with Crippen LogP contribution in [0.2, 0.25) is 0 Å². The van der Waals surface area contributed by atoms with Gasteiger partial charge in [-0.25, -0.2) is 0 Å². The summed E-state index contributed by atoms with van der Waals surface area (Å²) >= 11 is 0. The highest BCUT2D eigenvalue weighted by Crippen LogP contribution is 2.20. The Kier molecular flexibility index (Phi) is 3.27. The van der Waals surface area contributed by atoms with Gasteiger partial charge in [-0.1, -0.05) is 18.2 Å². The van der Waals surface area contributed by atoms with Crippen molar-refractivity contribution in [3.63, 3.8) is 0 Å². The first kappa shape index (κ1) is 10.8. The molecule has 0 aliphatic rings. The monoisotopic (exact) mass is 217 g/mol. The van der Waals surface area contributed by atoms with Crippen LogP contribution >= 0.6 is 0 Å². The molecular formula is C13H15NO2. The number of para-hydroxylation sites is 1. The van der Waals surface area contributed by atoms with E-state index >= 15 is 0 Å². The Bertz CT molecular complexity index is 437. The topological polar surface area (TPSA) is 36.6 Å². The summed E-state index contributed by atoms with van der Waals surface area (Å²) in [6, 6.07) is 9.78. The van der Waals surface area contributed by atoms with Crippen LogP contribution in [0.4, 0.5) is 5.69 Å². The fourth-order valence-corrected chi connectivity index (χ4v) is 1.76. The Morgan fingerprint density at radius 3 is 2.75 bits per heavy atom. The SMILES string of the molecule is CN(Cc1ccoc1)c1ccccc1CO. The number of aliphatic hydroxyl groups excluding tert-OH is 1. The predicted octanol–water partition coefficient (Wildman–Crippen LogP) is 2.41. The molecule has 0 atom stereocenters. The molecule has 0 aliphatic heterocycles. The van der Waals surface area contributed by atoms with Gasteiger partial charge in [-0.3, -0.25) is 0 Å². The number of aliphatic hydroxyl groups is 1. The average Bonchev–Trinajstić information content (AvgIpc) is 2.81. The smallest absolute Gasteiger partial charge is 0.0952 e. The summed E-state index contributed by atoms with van der Waals surface area (Å²) in [6.07, 6.45) is 3.40. The van der Waals surface area contributed by atoms with E-state index in [1.165, 1.54) is 0 Å². The van der Waals surface area contributed by atoms with Gasteiger partial charge in [0.15, 0.2) is 0 Å². The largest absolute Gasteiger partial charge is 0.472 e. The minimum Gasteiger partial charge on any atom is -0.472 e. The standard InChI is InChI=1S/C13H15NO2/c1-14(8-11-6-7-16-10-11)13-5-3-2-4-12(13)9-15/h2-7,10,15H,8-9H2,1H3. The van der Waals surface area contributed by atoms with E-state index in [-0.39, 0.29) is 6.61 Å². The first-order valence-corrected chi connectivity index (χ1v) is 5.22. The second-order valence-electron chi connectivity index (χ2n) is 3.77. The van der Waals surface area contributed by atoms with Gasteiger partial charge < -0.3 is 14.4 Å². The molecule has 1 N–H and O–H groups in total. The van der Waals surface area contributed by atoms with Crippen LogP contribution < -0.4 is 4.90 Å². The quantitative estimate of drug-likeness (QED) is 0.854. The molecule has 84 valence electrons. The number of benzene rings is 1. The van der Waals surface area contributed by atoms with Crippen molar-refractivity contribution in [1.29, 1.82) is 0 Å². The number of anilines is 1. The lowest BCUT2D eigenvalue weighted by Gasteiger charge is -2.21. The average molecular weight is 217 g/mol. The van der Waals surface area contributed by atoms with Crippen LogP contribution in [0.1, 0.15) is 11.1 Å². The lowest BCUT2D eigenvalue weighted by molar-refractivity contribution is 0.282. The van der Waals surface area contributed by atoms with E-state index in [9.17, 15) is 5.11 Å². The predicted molar refractivity (Wildman–Crippen MR) is 63.2 cm³/mol. The van der Waals surface area contributed by atoms with Crippen LogP contribution in [-0.2, 0) is 13.2 Å². The highest BCUT2D eigenvalue weighted by Gasteiger charge is 2.06. The zero-order valence-electron chi connectivity index (χ0n) is 9.26. The highest BCUT2D eigenvalue weighted by atomic mass is 16.3. The summed E-state index contributed by atoms with van der Waals surface area (Å²) in [5.41, 5.74) is 3.11. The first-order valence-electron chi connectivity index (χ1n) is 5.22. The Labute approximate surface area is 94.9 Å². The van der Waals surface area contributed by atoms with Crippen LogP contribution in [0.3, 0.4) is 0 Å². The molecule has 0 spiro atoms. The Morgan fingerprint density at radius 1 is 1.25 bits per heavy atom. The van der Waals surface area contributed by atoms with Gasteiger partial charge in [0.05, 0.1) is 19.1 Å². The van der Waals surface area contributed by atoms with Crippen molar-refractivity contribution in [2.24, 2.45) is 0 Å². The number of rotatable bonds is 4. The molecule has 0 fully saturated rings. The minimum atomic E-state index is 0.0614. The van der Waals surface area contributed by atoms with E-state index in [4.69, 9.17) is 4.42 Å².